The summed E-state index contributed by atoms with van der Waals surface area (Å²) in [5.41, 5.74) is 0.483. The number of amides is 1. The zero-order chi connectivity index (χ0) is 26.3. The molecule has 0 radical (unpaired) electrons. The third-order valence-corrected chi connectivity index (χ3v) is 8.50. The van der Waals surface area contributed by atoms with Crippen LogP contribution in [0.1, 0.15) is 23.4 Å². The van der Waals surface area contributed by atoms with Crippen LogP contribution in [0.3, 0.4) is 0 Å². The first kappa shape index (κ1) is 24.8. The fraction of sp³-hybridized carbons (Fsp3) is 0.160. The molecule has 3 aromatic carbocycles. The van der Waals surface area contributed by atoms with Gasteiger partial charge in [0, 0.05) is 22.3 Å². The van der Waals surface area contributed by atoms with E-state index in [4.69, 9.17) is 14.2 Å². The lowest BCUT2D eigenvalue weighted by Gasteiger charge is -2.23. The van der Waals surface area contributed by atoms with Gasteiger partial charge in [0.1, 0.15) is 10.7 Å². The third kappa shape index (κ3) is 4.42. The number of nitrogens with zero attached hydrogens (tertiary/aromatic N) is 2. The van der Waals surface area contributed by atoms with Gasteiger partial charge in [-0.1, -0.05) is 28.1 Å². The van der Waals surface area contributed by atoms with E-state index in [0.29, 0.717) is 39.6 Å². The number of hydrogen-bond acceptors (Lipinski definition) is 8. The summed E-state index contributed by atoms with van der Waals surface area (Å²) in [7, 11) is -4.33. The Hall–Kier alpha value is -3.90. The summed E-state index contributed by atoms with van der Waals surface area (Å²) in [4.78, 5) is 25.2. The molecule has 2 heterocycles. The predicted octanol–water partition coefficient (Wildman–Crippen LogP) is 4.99. The number of rotatable bonds is 6. The van der Waals surface area contributed by atoms with Crippen molar-refractivity contribution < 1.29 is 32.3 Å². The van der Waals surface area contributed by atoms with Gasteiger partial charge in [-0.05, 0) is 60.5 Å². The predicted molar refractivity (Wildman–Crippen MR) is 138 cm³/mol. The summed E-state index contributed by atoms with van der Waals surface area (Å²) in [5, 5.41) is 9.89. The molecule has 0 aliphatic carbocycles. The number of carbonyl (C=O) groups is 1. The molecule has 10 nitrogen and oxygen atoms in total. The molecule has 0 unspecified atom stereocenters. The third-order valence-electron chi connectivity index (χ3n) is 5.84. The average Bonchev–Trinajstić information content (AvgIpc) is 3.40. The van der Waals surface area contributed by atoms with Crippen LogP contribution < -0.4 is 19.1 Å². The Morgan fingerprint density at radius 1 is 1.14 bits per heavy atom. The van der Waals surface area contributed by atoms with Gasteiger partial charge in [-0.3, -0.25) is 19.8 Å². The zero-order valence-corrected chi connectivity index (χ0v) is 21.7. The Bertz CT molecular complexity index is 1550. The van der Waals surface area contributed by atoms with Crippen LogP contribution in [-0.4, -0.2) is 32.6 Å². The van der Waals surface area contributed by atoms with Crippen molar-refractivity contribution in [3.63, 3.8) is 0 Å². The number of hydrogen-bond donors (Lipinski definition) is 0. The van der Waals surface area contributed by atoms with Gasteiger partial charge in [0.2, 0.25) is 16.6 Å². The molecule has 12 heteroatoms. The summed E-state index contributed by atoms with van der Waals surface area (Å²) in [6.45, 7) is 2.29. The highest BCUT2D eigenvalue weighted by Gasteiger charge is 2.50. The fourth-order valence-corrected chi connectivity index (χ4v) is 6.49. The van der Waals surface area contributed by atoms with Crippen molar-refractivity contribution >= 4 is 49.1 Å². The van der Waals surface area contributed by atoms with Crippen LogP contribution in [0.25, 0.3) is 6.08 Å². The van der Waals surface area contributed by atoms with Crippen LogP contribution in [0.5, 0.6) is 17.2 Å². The van der Waals surface area contributed by atoms with Crippen molar-refractivity contribution in [1.29, 1.82) is 0 Å². The highest BCUT2D eigenvalue weighted by Crippen LogP contribution is 2.45. The van der Waals surface area contributed by atoms with Crippen LogP contribution in [0, 0.1) is 10.1 Å². The van der Waals surface area contributed by atoms with E-state index < -0.39 is 30.9 Å². The minimum Gasteiger partial charge on any atom is -0.494 e. The molecular formula is C25H19BrN2O8S. The van der Waals surface area contributed by atoms with Gasteiger partial charge in [-0.2, -0.15) is 0 Å². The van der Waals surface area contributed by atoms with Crippen LogP contribution in [-0.2, 0) is 14.6 Å². The van der Waals surface area contributed by atoms with Crippen molar-refractivity contribution in [2.24, 2.45) is 0 Å². The number of ether oxygens (including phenoxy) is 3. The Labute approximate surface area is 220 Å². The number of sulfone groups is 1. The number of anilines is 1. The van der Waals surface area contributed by atoms with Crippen molar-refractivity contribution in [1.82, 2.24) is 0 Å². The van der Waals surface area contributed by atoms with E-state index in [-0.39, 0.29) is 18.0 Å². The minimum absolute atomic E-state index is 0.0272. The second-order valence-corrected chi connectivity index (χ2v) is 10.9. The molecule has 0 saturated carbocycles. The maximum atomic E-state index is 13.9. The Balaban J connectivity index is 1.67. The van der Waals surface area contributed by atoms with Crippen LogP contribution in [0.15, 0.2) is 70.0 Å². The first-order valence-electron chi connectivity index (χ1n) is 11.1. The average molecular weight is 587 g/mol. The summed E-state index contributed by atoms with van der Waals surface area (Å²) in [6, 6.07) is 14.9. The molecule has 2 aliphatic rings. The number of benzene rings is 3. The van der Waals surface area contributed by atoms with Gasteiger partial charge in [-0.25, -0.2) is 8.42 Å². The number of nitro groups is 1. The van der Waals surface area contributed by atoms with E-state index >= 15 is 0 Å². The molecule has 1 saturated heterocycles. The lowest BCUT2D eigenvalue weighted by molar-refractivity contribution is -0.384. The van der Waals surface area contributed by atoms with Crippen LogP contribution in [0.4, 0.5) is 11.4 Å². The second kappa shape index (κ2) is 9.52. The summed E-state index contributed by atoms with van der Waals surface area (Å²) in [6.07, 6.45) is 1.27. The number of halogens is 1. The molecule has 1 atom stereocenters. The molecule has 37 heavy (non-hydrogen) atoms. The molecule has 3 aromatic rings. The highest BCUT2D eigenvalue weighted by molar-refractivity contribution is 9.10. The van der Waals surface area contributed by atoms with E-state index in [0.717, 1.165) is 11.0 Å². The van der Waals surface area contributed by atoms with E-state index in [9.17, 15) is 23.3 Å². The minimum atomic E-state index is -4.33. The molecule has 0 N–H and O–H groups in total. The van der Waals surface area contributed by atoms with Gasteiger partial charge < -0.3 is 14.2 Å². The molecule has 0 spiro atoms. The number of nitro benzene ring substituents is 1. The van der Waals surface area contributed by atoms with Crippen molar-refractivity contribution in [2.45, 2.75) is 12.3 Å². The van der Waals surface area contributed by atoms with Crippen molar-refractivity contribution in [3.05, 3.63) is 91.3 Å². The Morgan fingerprint density at radius 2 is 1.84 bits per heavy atom. The topological polar surface area (TPSA) is 125 Å². The molecule has 1 amide bonds. The normalized spacial score (nSPS) is 18.9. The molecule has 190 valence electrons. The van der Waals surface area contributed by atoms with Crippen LogP contribution >= 0.6 is 15.9 Å². The molecule has 0 aromatic heterocycles. The summed E-state index contributed by atoms with van der Waals surface area (Å²) < 4.78 is 44.5. The van der Waals surface area contributed by atoms with E-state index in [2.05, 4.69) is 15.9 Å². The smallest absolute Gasteiger partial charge is 0.271 e. The fourth-order valence-electron chi connectivity index (χ4n) is 4.18. The van der Waals surface area contributed by atoms with Crippen LogP contribution in [0.2, 0.25) is 0 Å². The highest BCUT2D eigenvalue weighted by atomic mass is 79.9. The van der Waals surface area contributed by atoms with Gasteiger partial charge in [0.25, 0.3) is 11.6 Å². The zero-order valence-electron chi connectivity index (χ0n) is 19.3. The molecule has 0 bridgehead atoms. The molecule has 2 aliphatic heterocycles. The number of carbonyl (C=O) groups excluding carboxylic acids is 1. The maximum absolute atomic E-state index is 13.9. The van der Waals surface area contributed by atoms with Crippen molar-refractivity contribution in [2.75, 3.05) is 18.3 Å². The van der Waals surface area contributed by atoms with Gasteiger partial charge in [0.05, 0.1) is 11.5 Å². The molecule has 5 rings (SSSR count). The Kier molecular flexibility index (Phi) is 6.38. The summed E-state index contributed by atoms with van der Waals surface area (Å²) >= 11 is 3.39. The standard InChI is InChI=1S/C25H19BrN2O8S/c1-2-34-19-8-6-17(7-9-19)27-24(29)23(12-16-11-21-22(13-20(16)26)36-14-35-21)37(32,33)25(27)15-4-3-5-18(10-15)28(30)31/h3-13,25H,2,14H2,1H3/b23-12+/t25-/m1/s1. The first-order chi connectivity index (χ1) is 17.7. The number of fused-ring (bicyclic) bond motifs is 1. The van der Waals surface area contributed by atoms with Crippen molar-refractivity contribution in [3.8, 4) is 17.2 Å². The second-order valence-electron chi connectivity index (χ2n) is 8.09. The number of non-ortho nitro benzene ring substituents is 1. The lowest BCUT2D eigenvalue weighted by Crippen LogP contribution is -2.29. The quantitative estimate of drug-likeness (QED) is 0.225. The lowest BCUT2D eigenvalue weighted by atomic mass is 10.1. The van der Waals surface area contributed by atoms with E-state index in [1.54, 1.807) is 36.4 Å². The van der Waals surface area contributed by atoms with Gasteiger partial charge in [0.15, 0.2) is 16.9 Å². The molecule has 1 fully saturated rings. The van der Waals surface area contributed by atoms with E-state index in [1.807, 2.05) is 6.92 Å². The first-order valence-corrected chi connectivity index (χ1v) is 13.4. The Morgan fingerprint density at radius 3 is 2.51 bits per heavy atom. The molecular weight excluding hydrogens is 568 g/mol. The SMILES string of the molecule is CCOc1ccc(N2C(=O)/C(=C\c3cc4c(cc3Br)OCO4)S(=O)(=O)[C@@H]2c2cccc([N+](=O)[O-])c2)cc1. The van der Waals surface area contributed by atoms with Gasteiger partial charge in [-0.15, -0.1) is 0 Å². The largest absolute Gasteiger partial charge is 0.494 e. The summed E-state index contributed by atoms with van der Waals surface area (Å²) in [5.74, 6) is 0.676. The maximum Gasteiger partial charge on any atom is 0.271 e. The van der Waals surface area contributed by atoms with Gasteiger partial charge >= 0.3 is 0 Å². The van der Waals surface area contributed by atoms with E-state index in [1.165, 1.54) is 24.3 Å². The monoisotopic (exact) mass is 586 g/mol.